The highest BCUT2D eigenvalue weighted by Gasteiger charge is 2.18. The number of hydrogen-bond acceptors (Lipinski definition) is 4. The van der Waals surface area contributed by atoms with Crippen LogP contribution in [0.25, 0.3) is 0 Å². The summed E-state index contributed by atoms with van der Waals surface area (Å²) in [7, 11) is 3.17. The number of methoxy groups -OCH3 is 1. The minimum Gasteiger partial charge on any atom is -0.508 e. The predicted octanol–water partition coefficient (Wildman–Crippen LogP) is 2.26. The van der Waals surface area contributed by atoms with E-state index in [0.717, 1.165) is 5.56 Å². The smallest absolute Gasteiger partial charge is 0.257 e. The number of hydrogen-bond donors (Lipinski definition) is 2. The van der Waals surface area contributed by atoms with Crippen LogP contribution in [0.5, 0.6) is 11.5 Å². The highest BCUT2D eigenvalue weighted by molar-refractivity contribution is 5.98. The predicted molar refractivity (Wildman–Crippen MR) is 81.3 cm³/mol. The van der Waals surface area contributed by atoms with Crippen molar-refractivity contribution in [2.45, 2.75) is 6.54 Å². The minimum atomic E-state index is -0.192. The molecule has 5 nitrogen and oxygen atoms in total. The Labute approximate surface area is 123 Å². The van der Waals surface area contributed by atoms with Gasteiger partial charge in [0.1, 0.15) is 5.75 Å². The minimum absolute atomic E-state index is 0.176. The summed E-state index contributed by atoms with van der Waals surface area (Å²) < 4.78 is 5.20. The number of ether oxygens (including phenoxy) is 1. The molecule has 0 aliphatic heterocycles. The fourth-order valence-electron chi connectivity index (χ4n) is 2.16. The molecule has 0 aromatic heterocycles. The Bertz CT molecular complexity index is 656. The lowest BCUT2D eigenvalue weighted by atomic mass is 10.1. The summed E-state index contributed by atoms with van der Waals surface area (Å²) in [5.74, 6) is 0.364. The molecule has 0 unspecified atom stereocenters. The molecule has 2 aromatic carbocycles. The quantitative estimate of drug-likeness (QED) is 0.845. The Morgan fingerprint density at radius 2 is 2.00 bits per heavy atom. The van der Waals surface area contributed by atoms with Crippen molar-refractivity contribution < 1.29 is 14.6 Å². The normalized spacial score (nSPS) is 10.2. The molecule has 0 radical (unpaired) electrons. The summed E-state index contributed by atoms with van der Waals surface area (Å²) in [5.41, 5.74) is 7.50. The standard InChI is InChI=1S/C16H18N2O3/c1-18(10-11-5-3-6-12(19)9-11)16(20)13-7-4-8-14(17)15(13)21-2/h3-9,19H,10,17H2,1-2H3. The molecule has 0 saturated heterocycles. The van der Waals surface area contributed by atoms with Crippen molar-refractivity contribution in [2.24, 2.45) is 0 Å². The third kappa shape index (κ3) is 3.25. The van der Waals surface area contributed by atoms with Crippen LogP contribution in [0.15, 0.2) is 42.5 Å². The van der Waals surface area contributed by atoms with Gasteiger partial charge in [-0.25, -0.2) is 0 Å². The highest BCUT2D eigenvalue weighted by atomic mass is 16.5. The van der Waals surface area contributed by atoms with Crippen molar-refractivity contribution in [2.75, 3.05) is 19.9 Å². The van der Waals surface area contributed by atoms with Crippen molar-refractivity contribution in [1.82, 2.24) is 4.90 Å². The zero-order chi connectivity index (χ0) is 15.4. The van der Waals surface area contributed by atoms with E-state index in [-0.39, 0.29) is 11.7 Å². The van der Waals surface area contributed by atoms with Crippen LogP contribution in [0.4, 0.5) is 5.69 Å². The maximum absolute atomic E-state index is 12.5. The summed E-state index contributed by atoms with van der Waals surface area (Å²) in [6, 6.07) is 11.9. The summed E-state index contributed by atoms with van der Waals surface area (Å²) in [6.07, 6.45) is 0. The second-order valence-electron chi connectivity index (χ2n) is 4.76. The first-order chi connectivity index (χ1) is 10.0. The van der Waals surface area contributed by atoms with Crippen LogP contribution < -0.4 is 10.5 Å². The molecule has 0 aliphatic rings. The molecular weight excluding hydrogens is 268 g/mol. The number of rotatable bonds is 4. The number of carbonyl (C=O) groups excluding carboxylic acids is 1. The van der Waals surface area contributed by atoms with Gasteiger partial charge in [0.25, 0.3) is 5.91 Å². The second-order valence-corrected chi connectivity index (χ2v) is 4.76. The van der Waals surface area contributed by atoms with Crippen LogP contribution in [0.3, 0.4) is 0 Å². The van der Waals surface area contributed by atoms with Gasteiger partial charge in [0, 0.05) is 13.6 Å². The van der Waals surface area contributed by atoms with Crippen molar-refractivity contribution in [3.05, 3.63) is 53.6 Å². The van der Waals surface area contributed by atoms with Crippen molar-refractivity contribution in [3.8, 4) is 11.5 Å². The second kappa shape index (κ2) is 6.17. The number of phenols is 1. The van der Waals surface area contributed by atoms with Gasteiger partial charge in [0.2, 0.25) is 0 Å². The number of anilines is 1. The number of nitrogens with zero attached hydrogens (tertiary/aromatic N) is 1. The van der Waals surface area contributed by atoms with Crippen LogP contribution >= 0.6 is 0 Å². The molecule has 3 N–H and O–H groups in total. The molecule has 0 bridgehead atoms. The van der Waals surface area contributed by atoms with E-state index in [2.05, 4.69) is 0 Å². The molecule has 110 valence electrons. The van der Waals surface area contributed by atoms with Gasteiger partial charge in [-0.05, 0) is 29.8 Å². The molecule has 0 heterocycles. The number of benzene rings is 2. The molecular formula is C16H18N2O3. The van der Waals surface area contributed by atoms with Crippen molar-refractivity contribution in [3.63, 3.8) is 0 Å². The van der Waals surface area contributed by atoms with Crippen LogP contribution in [-0.2, 0) is 6.54 Å². The monoisotopic (exact) mass is 286 g/mol. The lowest BCUT2D eigenvalue weighted by Crippen LogP contribution is -2.26. The van der Waals surface area contributed by atoms with Gasteiger partial charge >= 0.3 is 0 Å². The van der Waals surface area contributed by atoms with Crippen LogP contribution in [0.2, 0.25) is 0 Å². The van der Waals surface area contributed by atoms with E-state index in [9.17, 15) is 9.90 Å². The SMILES string of the molecule is COc1c(N)cccc1C(=O)N(C)Cc1cccc(O)c1. The first kappa shape index (κ1) is 14.7. The lowest BCUT2D eigenvalue weighted by molar-refractivity contribution is 0.0781. The van der Waals surface area contributed by atoms with Gasteiger partial charge in [-0.15, -0.1) is 0 Å². The third-order valence-electron chi connectivity index (χ3n) is 3.16. The molecule has 0 fully saturated rings. The third-order valence-corrected chi connectivity index (χ3v) is 3.16. The maximum Gasteiger partial charge on any atom is 0.257 e. The summed E-state index contributed by atoms with van der Waals surface area (Å²) >= 11 is 0. The maximum atomic E-state index is 12.5. The summed E-state index contributed by atoms with van der Waals surface area (Å²) in [6.45, 7) is 0.380. The van der Waals surface area contributed by atoms with Crippen molar-refractivity contribution >= 4 is 11.6 Å². The molecule has 2 aromatic rings. The zero-order valence-electron chi connectivity index (χ0n) is 12.0. The van der Waals surface area contributed by atoms with Gasteiger partial charge in [-0.1, -0.05) is 18.2 Å². The average molecular weight is 286 g/mol. The summed E-state index contributed by atoms with van der Waals surface area (Å²) in [5, 5.41) is 9.46. The molecule has 0 atom stereocenters. The Morgan fingerprint density at radius 3 is 2.67 bits per heavy atom. The molecule has 2 rings (SSSR count). The average Bonchev–Trinajstić information content (AvgIpc) is 2.46. The van der Waals surface area contributed by atoms with E-state index < -0.39 is 0 Å². The molecule has 21 heavy (non-hydrogen) atoms. The van der Waals surface area contributed by atoms with Gasteiger partial charge in [0.05, 0.1) is 18.4 Å². The van der Waals surface area contributed by atoms with E-state index in [4.69, 9.17) is 10.5 Å². The van der Waals surface area contributed by atoms with E-state index in [0.29, 0.717) is 23.5 Å². The summed E-state index contributed by atoms with van der Waals surface area (Å²) in [4.78, 5) is 14.0. The Morgan fingerprint density at radius 1 is 1.29 bits per heavy atom. The van der Waals surface area contributed by atoms with Gasteiger partial charge < -0.3 is 20.5 Å². The van der Waals surface area contributed by atoms with E-state index in [1.807, 2.05) is 6.07 Å². The first-order valence-corrected chi connectivity index (χ1v) is 6.48. The molecule has 5 heteroatoms. The topological polar surface area (TPSA) is 75.8 Å². The van der Waals surface area contributed by atoms with E-state index >= 15 is 0 Å². The first-order valence-electron chi connectivity index (χ1n) is 6.48. The van der Waals surface area contributed by atoms with E-state index in [1.165, 1.54) is 7.11 Å². The Hall–Kier alpha value is -2.69. The number of amides is 1. The number of nitrogens with two attached hydrogens (primary N) is 1. The van der Waals surface area contributed by atoms with Crippen LogP contribution in [0.1, 0.15) is 15.9 Å². The van der Waals surface area contributed by atoms with E-state index in [1.54, 1.807) is 48.3 Å². The fraction of sp³-hybridized carbons (Fsp3) is 0.188. The van der Waals surface area contributed by atoms with Gasteiger partial charge in [0.15, 0.2) is 5.75 Å². The fourth-order valence-corrected chi connectivity index (χ4v) is 2.16. The zero-order valence-corrected chi connectivity index (χ0v) is 12.0. The highest BCUT2D eigenvalue weighted by Crippen LogP contribution is 2.27. The Balaban J connectivity index is 2.22. The number of phenolic OH excluding ortho intramolecular Hbond substituents is 1. The number of para-hydroxylation sites is 1. The van der Waals surface area contributed by atoms with Crippen molar-refractivity contribution in [1.29, 1.82) is 0 Å². The van der Waals surface area contributed by atoms with Gasteiger partial charge in [-0.2, -0.15) is 0 Å². The Kier molecular flexibility index (Phi) is 4.33. The molecule has 1 amide bonds. The number of nitrogen functional groups attached to an aromatic ring is 1. The number of aromatic hydroxyl groups is 1. The number of carbonyl (C=O) groups is 1. The molecule has 0 aliphatic carbocycles. The lowest BCUT2D eigenvalue weighted by Gasteiger charge is -2.19. The molecule has 0 spiro atoms. The molecule has 0 saturated carbocycles. The van der Waals surface area contributed by atoms with Crippen LogP contribution in [-0.4, -0.2) is 30.1 Å². The largest absolute Gasteiger partial charge is 0.508 e. The van der Waals surface area contributed by atoms with Crippen LogP contribution in [0, 0.1) is 0 Å². The van der Waals surface area contributed by atoms with Gasteiger partial charge in [-0.3, -0.25) is 4.79 Å².